The fourth-order valence-electron chi connectivity index (χ4n) is 4.83. The van der Waals surface area contributed by atoms with Gasteiger partial charge in [0.25, 0.3) is 5.89 Å². The lowest BCUT2D eigenvalue weighted by Gasteiger charge is -2.19. The minimum absolute atomic E-state index is 0.134. The Morgan fingerprint density at radius 2 is 1.86 bits per heavy atom. The Balaban J connectivity index is 1.50. The molecule has 5 rings (SSSR count). The molecule has 4 heterocycles. The quantitative estimate of drug-likeness (QED) is 0.352. The van der Waals surface area contributed by atoms with Crippen LogP contribution in [0.15, 0.2) is 10.9 Å². The summed E-state index contributed by atoms with van der Waals surface area (Å²) in [5.41, 5.74) is 1.08. The third-order valence-corrected chi connectivity index (χ3v) is 6.99. The highest BCUT2D eigenvalue weighted by Gasteiger charge is 2.47. The number of ether oxygens (including phenoxy) is 1. The number of aryl methyl sites for hydroxylation is 1. The molecule has 1 saturated heterocycles. The van der Waals surface area contributed by atoms with Gasteiger partial charge in [0.05, 0.1) is 6.33 Å². The molecule has 35 heavy (non-hydrogen) atoms. The number of aliphatic hydroxyl groups is 2. The first-order valence-electron chi connectivity index (χ1n) is 12.6. The fourth-order valence-corrected chi connectivity index (χ4v) is 4.83. The Morgan fingerprint density at radius 3 is 2.54 bits per heavy atom. The SMILES string of the molecule is CCc1noc([C@H]2O[C@@H](n3cnc4c(NC(CC)CC)nc(NC5CCCC5)nc43)[C@H](O)[C@@H]2O)n1. The van der Waals surface area contributed by atoms with Gasteiger partial charge in [-0.1, -0.05) is 38.8 Å². The van der Waals surface area contributed by atoms with E-state index >= 15 is 0 Å². The summed E-state index contributed by atoms with van der Waals surface area (Å²) in [6, 6.07) is 0.567. The van der Waals surface area contributed by atoms with E-state index in [1.54, 1.807) is 10.9 Å². The van der Waals surface area contributed by atoms with Crippen LogP contribution in [-0.2, 0) is 11.2 Å². The summed E-state index contributed by atoms with van der Waals surface area (Å²) in [5, 5.41) is 32.5. The Kier molecular flexibility index (Phi) is 6.85. The number of hydrogen-bond acceptors (Lipinski definition) is 11. The number of aliphatic hydroxyl groups excluding tert-OH is 2. The summed E-state index contributed by atoms with van der Waals surface area (Å²) in [5.74, 6) is 1.79. The Labute approximate surface area is 203 Å². The van der Waals surface area contributed by atoms with Crippen molar-refractivity contribution in [1.29, 1.82) is 0 Å². The Bertz CT molecular complexity index is 1140. The minimum atomic E-state index is -1.25. The predicted molar refractivity (Wildman–Crippen MR) is 128 cm³/mol. The fraction of sp³-hybridized carbons (Fsp3) is 0.696. The molecule has 2 aliphatic rings. The number of nitrogens with one attached hydrogen (secondary N) is 2. The number of imidazole rings is 1. The average Bonchev–Trinajstić information content (AvgIpc) is 3.66. The van der Waals surface area contributed by atoms with Crippen molar-refractivity contribution in [2.45, 2.75) is 102 Å². The smallest absolute Gasteiger partial charge is 0.258 e. The lowest BCUT2D eigenvalue weighted by molar-refractivity contribution is -0.0451. The van der Waals surface area contributed by atoms with E-state index in [-0.39, 0.29) is 11.9 Å². The average molecular weight is 487 g/mol. The molecule has 2 fully saturated rings. The number of nitrogens with zero attached hydrogens (tertiary/aromatic N) is 6. The van der Waals surface area contributed by atoms with Crippen LogP contribution in [0, 0.1) is 0 Å². The van der Waals surface area contributed by atoms with Crippen molar-refractivity contribution in [3.63, 3.8) is 0 Å². The molecule has 12 nitrogen and oxygen atoms in total. The van der Waals surface area contributed by atoms with E-state index in [0.717, 1.165) is 25.7 Å². The molecule has 0 bridgehead atoms. The van der Waals surface area contributed by atoms with E-state index in [4.69, 9.17) is 19.2 Å². The summed E-state index contributed by atoms with van der Waals surface area (Å²) in [6.07, 6.45) is 4.18. The first kappa shape index (κ1) is 23.9. The highest BCUT2D eigenvalue weighted by molar-refractivity contribution is 5.84. The summed E-state index contributed by atoms with van der Waals surface area (Å²) in [7, 11) is 0. The van der Waals surface area contributed by atoms with Crippen LogP contribution in [0.4, 0.5) is 11.8 Å². The second-order valence-corrected chi connectivity index (χ2v) is 9.33. The van der Waals surface area contributed by atoms with Gasteiger partial charge in [-0.2, -0.15) is 15.0 Å². The van der Waals surface area contributed by atoms with Gasteiger partial charge in [-0.25, -0.2) is 4.98 Å². The normalized spacial score (nSPS) is 25.2. The van der Waals surface area contributed by atoms with Crippen molar-refractivity contribution in [3.8, 4) is 0 Å². The van der Waals surface area contributed by atoms with Gasteiger partial charge >= 0.3 is 0 Å². The van der Waals surface area contributed by atoms with Crippen LogP contribution in [0.2, 0.25) is 0 Å². The standard InChI is InChI=1S/C23H34N8O4/c1-4-12(5-2)25-19-15-20(29-23(28-19)26-13-9-7-8-10-13)31(11-24-15)22-17(33)16(32)18(34-22)21-27-14(6-3)30-35-21/h11-13,16-18,22,32-33H,4-10H2,1-3H3,(H2,25,26,28,29)/t16-,17+,18-,22+/m0/s1. The number of fused-ring (bicyclic) bond motifs is 1. The van der Waals surface area contributed by atoms with E-state index < -0.39 is 24.5 Å². The van der Waals surface area contributed by atoms with E-state index in [9.17, 15) is 10.2 Å². The molecule has 0 aromatic carbocycles. The summed E-state index contributed by atoms with van der Waals surface area (Å²) >= 11 is 0. The molecule has 190 valence electrons. The van der Waals surface area contributed by atoms with Crippen molar-refractivity contribution < 1.29 is 19.5 Å². The largest absolute Gasteiger partial charge is 0.387 e. The first-order valence-corrected chi connectivity index (χ1v) is 12.6. The number of rotatable bonds is 9. The molecule has 0 spiro atoms. The molecule has 1 saturated carbocycles. The van der Waals surface area contributed by atoms with E-state index in [2.05, 4.69) is 39.6 Å². The highest BCUT2D eigenvalue weighted by Crippen LogP contribution is 2.40. The van der Waals surface area contributed by atoms with Gasteiger partial charge in [0.2, 0.25) is 5.95 Å². The van der Waals surface area contributed by atoms with E-state index in [1.807, 2.05) is 6.92 Å². The lowest BCUT2D eigenvalue weighted by Crippen LogP contribution is -2.29. The monoisotopic (exact) mass is 486 g/mol. The van der Waals surface area contributed by atoms with Gasteiger partial charge in [-0.05, 0) is 25.7 Å². The maximum atomic E-state index is 10.9. The van der Waals surface area contributed by atoms with Crippen molar-refractivity contribution in [2.24, 2.45) is 0 Å². The molecular weight excluding hydrogens is 452 g/mol. The van der Waals surface area contributed by atoms with Gasteiger partial charge in [-0.15, -0.1) is 0 Å². The number of anilines is 2. The summed E-state index contributed by atoms with van der Waals surface area (Å²) < 4.78 is 12.9. The van der Waals surface area contributed by atoms with Crippen LogP contribution >= 0.6 is 0 Å². The maximum Gasteiger partial charge on any atom is 0.258 e. The molecule has 4 atom stereocenters. The lowest BCUT2D eigenvalue weighted by atomic mass is 10.1. The van der Waals surface area contributed by atoms with Crippen molar-refractivity contribution in [3.05, 3.63) is 18.0 Å². The second-order valence-electron chi connectivity index (χ2n) is 9.33. The molecule has 0 unspecified atom stereocenters. The van der Waals surface area contributed by atoms with E-state index in [0.29, 0.717) is 41.2 Å². The molecule has 1 aliphatic carbocycles. The van der Waals surface area contributed by atoms with Gasteiger partial charge < -0.3 is 30.1 Å². The zero-order valence-corrected chi connectivity index (χ0v) is 20.4. The van der Waals surface area contributed by atoms with Gasteiger partial charge in [-0.3, -0.25) is 4.57 Å². The Hall–Kier alpha value is -2.83. The van der Waals surface area contributed by atoms with Crippen LogP contribution < -0.4 is 10.6 Å². The summed E-state index contributed by atoms with van der Waals surface area (Å²) in [4.78, 5) is 18.3. The molecule has 4 N–H and O–H groups in total. The van der Waals surface area contributed by atoms with Crippen LogP contribution in [-0.4, -0.2) is 64.2 Å². The van der Waals surface area contributed by atoms with Gasteiger partial charge in [0.1, 0.15) is 12.2 Å². The highest BCUT2D eigenvalue weighted by atomic mass is 16.6. The number of hydrogen-bond donors (Lipinski definition) is 4. The van der Waals surface area contributed by atoms with Crippen LogP contribution in [0.1, 0.15) is 83.3 Å². The predicted octanol–water partition coefficient (Wildman–Crippen LogP) is 2.72. The molecule has 0 amide bonds. The van der Waals surface area contributed by atoms with Crippen molar-refractivity contribution in [1.82, 2.24) is 29.7 Å². The third kappa shape index (κ3) is 4.57. The Morgan fingerprint density at radius 1 is 1.09 bits per heavy atom. The molecule has 1 aliphatic heterocycles. The second kappa shape index (κ2) is 10.0. The first-order chi connectivity index (χ1) is 17.0. The molecule has 3 aromatic heterocycles. The van der Waals surface area contributed by atoms with Crippen LogP contribution in [0.3, 0.4) is 0 Å². The molecular formula is C23H34N8O4. The van der Waals surface area contributed by atoms with Crippen LogP contribution in [0.5, 0.6) is 0 Å². The molecule has 3 aromatic rings. The van der Waals surface area contributed by atoms with Crippen molar-refractivity contribution in [2.75, 3.05) is 10.6 Å². The maximum absolute atomic E-state index is 10.9. The molecule has 12 heteroatoms. The topological polar surface area (TPSA) is 156 Å². The third-order valence-electron chi connectivity index (χ3n) is 6.99. The summed E-state index contributed by atoms with van der Waals surface area (Å²) in [6.45, 7) is 6.16. The van der Waals surface area contributed by atoms with Crippen LogP contribution in [0.25, 0.3) is 11.2 Å². The zero-order valence-electron chi connectivity index (χ0n) is 20.4. The van der Waals surface area contributed by atoms with Crippen molar-refractivity contribution >= 4 is 22.9 Å². The zero-order chi connectivity index (χ0) is 24.5. The minimum Gasteiger partial charge on any atom is -0.387 e. The van der Waals surface area contributed by atoms with Gasteiger partial charge in [0, 0.05) is 18.5 Å². The molecule has 0 radical (unpaired) electrons. The van der Waals surface area contributed by atoms with E-state index in [1.165, 1.54) is 12.8 Å². The number of aromatic nitrogens is 6. The van der Waals surface area contributed by atoms with Gasteiger partial charge in [0.15, 0.2) is 35.1 Å².